The maximum atomic E-state index is 5.94. The summed E-state index contributed by atoms with van der Waals surface area (Å²) in [4.78, 5) is 1.21. The van der Waals surface area contributed by atoms with Crippen molar-refractivity contribution in [3.63, 3.8) is 0 Å². The largest absolute Gasteiger partial charge is 0.398 e. The van der Waals surface area contributed by atoms with Gasteiger partial charge in [-0.1, -0.05) is 0 Å². The fraction of sp³-hybridized carbons (Fsp3) is 0.200. The highest BCUT2D eigenvalue weighted by atomic mass is 32.2. The number of nitrogens with two attached hydrogens (primary N) is 1. The van der Waals surface area contributed by atoms with Crippen LogP contribution in [-0.2, 0) is 0 Å². The van der Waals surface area contributed by atoms with Crippen LogP contribution in [0.3, 0.4) is 0 Å². The molecule has 2 rings (SSSR count). The number of rotatable bonds is 1. The van der Waals surface area contributed by atoms with Crippen molar-refractivity contribution < 1.29 is 0 Å². The molecule has 13 heavy (non-hydrogen) atoms. The van der Waals surface area contributed by atoms with Gasteiger partial charge in [0.05, 0.1) is 0 Å². The van der Waals surface area contributed by atoms with Gasteiger partial charge in [-0.3, -0.25) is 0 Å². The third-order valence-electron chi connectivity index (χ3n) is 2.11. The SMILES string of the molecule is CSc1c(N)cc(C)c2sccc12. The van der Waals surface area contributed by atoms with E-state index in [0.717, 1.165) is 5.69 Å². The van der Waals surface area contributed by atoms with Crippen molar-refractivity contribution in [3.8, 4) is 0 Å². The minimum absolute atomic E-state index is 0.899. The first-order valence-electron chi connectivity index (χ1n) is 4.04. The van der Waals surface area contributed by atoms with Crippen molar-refractivity contribution in [3.05, 3.63) is 23.1 Å². The first-order chi connectivity index (χ1) is 6.24. The van der Waals surface area contributed by atoms with Gasteiger partial charge in [0, 0.05) is 20.7 Å². The molecular weight excluding hydrogens is 198 g/mol. The number of anilines is 1. The van der Waals surface area contributed by atoms with Crippen molar-refractivity contribution in [2.75, 3.05) is 12.0 Å². The van der Waals surface area contributed by atoms with Crippen LogP contribution >= 0.6 is 23.1 Å². The maximum Gasteiger partial charge on any atom is 0.0461 e. The molecule has 2 N–H and O–H groups in total. The zero-order valence-corrected chi connectivity index (χ0v) is 9.26. The van der Waals surface area contributed by atoms with E-state index < -0.39 is 0 Å². The maximum absolute atomic E-state index is 5.94. The Kier molecular flexibility index (Phi) is 2.22. The molecule has 0 radical (unpaired) electrons. The molecule has 0 saturated carbocycles. The average Bonchev–Trinajstić information content (AvgIpc) is 2.53. The molecule has 1 heterocycles. The van der Waals surface area contributed by atoms with E-state index in [0.29, 0.717) is 0 Å². The van der Waals surface area contributed by atoms with Crippen LogP contribution in [0.4, 0.5) is 5.69 Å². The van der Waals surface area contributed by atoms with Crippen LogP contribution in [0.1, 0.15) is 5.56 Å². The molecule has 1 aromatic carbocycles. The number of fused-ring (bicyclic) bond motifs is 1. The molecule has 0 aliphatic rings. The smallest absolute Gasteiger partial charge is 0.0461 e. The number of benzene rings is 1. The predicted octanol–water partition coefficient (Wildman–Crippen LogP) is 3.51. The molecule has 0 aliphatic carbocycles. The number of nitrogen functional groups attached to an aromatic ring is 1. The van der Waals surface area contributed by atoms with Crippen LogP contribution in [0.2, 0.25) is 0 Å². The standard InChI is InChI=1S/C10H11NS2/c1-6-5-8(11)10(12-2)7-3-4-13-9(6)7/h3-5H,11H2,1-2H3. The zero-order valence-electron chi connectivity index (χ0n) is 7.63. The van der Waals surface area contributed by atoms with Gasteiger partial charge in [-0.15, -0.1) is 23.1 Å². The van der Waals surface area contributed by atoms with E-state index in [1.54, 1.807) is 23.1 Å². The van der Waals surface area contributed by atoms with Gasteiger partial charge in [0.1, 0.15) is 0 Å². The van der Waals surface area contributed by atoms with Gasteiger partial charge in [0.2, 0.25) is 0 Å². The van der Waals surface area contributed by atoms with Crippen molar-refractivity contribution in [2.24, 2.45) is 0 Å². The molecule has 0 atom stereocenters. The van der Waals surface area contributed by atoms with Gasteiger partial charge in [-0.25, -0.2) is 0 Å². The summed E-state index contributed by atoms with van der Waals surface area (Å²) in [5, 5.41) is 3.42. The fourth-order valence-corrected chi connectivity index (χ4v) is 3.17. The summed E-state index contributed by atoms with van der Waals surface area (Å²) in [6.07, 6.45) is 2.07. The third kappa shape index (κ3) is 1.32. The van der Waals surface area contributed by atoms with E-state index in [1.165, 1.54) is 20.5 Å². The van der Waals surface area contributed by atoms with Crippen molar-refractivity contribution in [1.82, 2.24) is 0 Å². The topological polar surface area (TPSA) is 26.0 Å². The second-order valence-corrected chi connectivity index (χ2v) is 4.71. The summed E-state index contributed by atoms with van der Waals surface area (Å²) in [7, 11) is 0. The second-order valence-electron chi connectivity index (χ2n) is 2.98. The summed E-state index contributed by atoms with van der Waals surface area (Å²) in [6, 6.07) is 4.21. The molecule has 0 bridgehead atoms. The Hall–Kier alpha value is -0.670. The average molecular weight is 209 g/mol. The Morgan fingerprint density at radius 3 is 2.92 bits per heavy atom. The van der Waals surface area contributed by atoms with Gasteiger partial charge in [-0.2, -0.15) is 0 Å². The molecule has 0 fully saturated rings. The Labute approximate surface area is 85.9 Å². The molecule has 1 nitrogen and oxygen atoms in total. The van der Waals surface area contributed by atoms with E-state index in [-0.39, 0.29) is 0 Å². The first-order valence-corrected chi connectivity index (χ1v) is 6.14. The zero-order chi connectivity index (χ0) is 9.42. The molecule has 0 amide bonds. The molecule has 0 unspecified atom stereocenters. The van der Waals surface area contributed by atoms with Crippen molar-refractivity contribution in [1.29, 1.82) is 0 Å². The molecule has 0 aliphatic heterocycles. The minimum atomic E-state index is 0.899. The normalized spacial score (nSPS) is 10.9. The highest BCUT2D eigenvalue weighted by molar-refractivity contribution is 7.99. The summed E-state index contributed by atoms with van der Waals surface area (Å²) in [6.45, 7) is 2.11. The van der Waals surface area contributed by atoms with E-state index in [9.17, 15) is 0 Å². The number of hydrogen-bond acceptors (Lipinski definition) is 3. The van der Waals surface area contributed by atoms with Crippen molar-refractivity contribution >= 4 is 38.9 Å². The van der Waals surface area contributed by atoms with E-state index in [1.807, 2.05) is 0 Å². The fourth-order valence-electron chi connectivity index (χ4n) is 1.54. The van der Waals surface area contributed by atoms with Gasteiger partial charge in [0.25, 0.3) is 0 Å². The third-order valence-corrected chi connectivity index (χ3v) is 4.02. The molecular formula is C10H11NS2. The number of hydrogen-bond donors (Lipinski definition) is 1. The minimum Gasteiger partial charge on any atom is -0.398 e. The van der Waals surface area contributed by atoms with Gasteiger partial charge >= 0.3 is 0 Å². The monoisotopic (exact) mass is 209 g/mol. The molecule has 0 saturated heterocycles. The van der Waals surface area contributed by atoms with Crippen LogP contribution in [0.25, 0.3) is 10.1 Å². The highest BCUT2D eigenvalue weighted by Crippen LogP contribution is 2.36. The lowest BCUT2D eigenvalue weighted by Crippen LogP contribution is -1.89. The van der Waals surface area contributed by atoms with Crippen molar-refractivity contribution in [2.45, 2.75) is 11.8 Å². The summed E-state index contributed by atoms with van der Waals surface area (Å²) in [5.41, 5.74) is 8.12. The van der Waals surface area contributed by atoms with E-state index in [4.69, 9.17) is 5.73 Å². The molecule has 3 heteroatoms. The number of thioether (sulfide) groups is 1. The predicted molar refractivity (Wildman–Crippen MR) is 62.8 cm³/mol. The highest BCUT2D eigenvalue weighted by Gasteiger charge is 2.07. The van der Waals surface area contributed by atoms with Crippen LogP contribution in [-0.4, -0.2) is 6.26 Å². The van der Waals surface area contributed by atoms with Gasteiger partial charge < -0.3 is 5.73 Å². The lowest BCUT2D eigenvalue weighted by Gasteiger charge is -2.06. The summed E-state index contributed by atoms with van der Waals surface area (Å²) < 4.78 is 1.36. The van der Waals surface area contributed by atoms with Crippen LogP contribution in [0, 0.1) is 6.92 Å². The molecule has 0 spiro atoms. The van der Waals surface area contributed by atoms with Crippen LogP contribution in [0.15, 0.2) is 22.4 Å². The van der Waals surface area contributed by atoms with Gasteiger partial charge in [-0.05, 0) is 36.3 Å². The number of thiophene rings is 1. The van der Waals surface area contributed by atoms with Crippen LogP contribution in [0.5, 0.6) is 0 Å². The molecule has 68 valence electrons. The lowest BCUT2D eigenvalue weighted by atomic mass is 10.1. The van der Waals surface area contributed by atoms with E-state index in [2.05, 4.69) is 30.7 Å². The van der Waals surface area contributed by atoms with Gasteiger partial charge in [0.15, 0.2) is 0 Å². The molecule has 1 aromatic heterocycles. The molecule has 2 aromatic rings. The lowest BCUT2D eigenvalue weighted by molar-refractivity contribution is 1.48. The van der Waals surface area contributed by atoms with Crippen LogP contribution < -0.4 is 5.73 Å². The number of aryl methyl sites for hydroxylation is 1. The summed E-state index contributed by atoms with van der Waals surface area (Å²) in [5.74, 6) is 0. The van der Waals surface area contributed by atoms with E-state index >= 15 is 0 Å². The Balaban J connectivity index is 2.88. The quantitative estimate of drug-likeness (QED) is 0.574. The Morgan fingerprint density at radius 2 is 2.23 bits per heavy atom. The summed E-state index contributed by atoms with van der Waals surface area (Å²) >= 11 is 3.50. The second kappa shape index (κ2) is 3.24. The Bertz CT molecular complexity index is 445. The Morgan fingerprint density at radius 1 is 1.46 bits per heavy atom. The first kappa shape index (κ1) is 8.91.